The zero-order chi connectivity index (χ0) is 15.2. The van der Waals surface area contributed by atoms with E-state index in [1.165, 1.54) is 6.42 Å². The summed E-state index contributed by atoms with van der Waals surface area (Å²) in [6.07, 6.45) is 11.9. The molecule has 116 valence electrons. The minimum Gasteiger partial charge on any atom is -0.204 e. The molecule has 1 aromatic rings. The van der Waals surface area contributed by atoms with Gasteiger partial charge >= 0.3 is 0 Å². The van der Waals surface area contributed by atoms with Gasteiger partial charge in [0.1, 0.15) is 0 Å². The van der Waals surface area contributed by atoms with Crippen LogP contribution in [0.25, 0.3) is 0 Å². The van der Waals surface area contributed by atoms with Crippen molar-refractivity contribution >= 4 is 0 Å². The molecule has 0 spiro atoms. The Morgan fingerprint density at radius 1 is 1.00 bits per heavy atom. The molecule has 21 heavy (non-hydrogen) atoms. The van der Waals surface area contributed by atoms with E-state index < -0.39 is 17.5 Å². The van der Waals surface area contributed by atoms with Crippen molar-refractivity contribution in [3.63, 3.8) is 0 Å². The van der Waals surface area contributed by atoms with Crippen LogP contribution in [0.5, 0.6) is 0 Å². The molecule has 1 saturated carbocycles. The van der Waals surface area contributed by atoms with Crippen molar-refractivity contribution in [2.75, 3.05) is 0 Å². The predicted molar refractivity (Wildman–Crippen MR) is 79.7 cm³/mol. The molecule has 0 radical (unpaired) electrons. The van der Waals surface area contributed by atoms with Crippen molar-refractivity contribution in [3.05, 3.63) is 47.3 Å². The molecule has 0 aromatic heterocycles. The summed E-state index contributed by atoms with van der Waals surface area (Å²) < 4.78 is 39.6. The largest absolute Gasteiger partial charge is 0.204 e. The Bertz CT molecular complexity index is 462. The third-order valence-corrected chi connectivity index (χ3v) is 4.47. The molecular formula is C18H23F3. The van der Waals surface area contributed by atoms with Gasteiger partial charge in [-0.2, -0.15) is 0 Å². The van der Waals surface area contributed by atoms with Crippen LogP contribution in [0.3, 0.4) is 0 Å². The van der Waals surface area contributed by atoms with E-state index in [-0.39, 0.29) is 5.92 Å². The topological polar surface area (TPSA) is 0 Å². The van der Waals surface area contributed by atoms with Gasteiger partial charge < -0.3 is 0 Å². The van der Waals surface area contributed by atoms with Gasteiger partial charge in [-0.25, -0.2) is 13.2 Å². The number of hydrogen-bond acceptors (Lipinski definition) is 0. The number of allylic oxidation sites excluding steroid dienone is 2. The SMILES string of the molecule is CC/C=C/CC[C@H]1CC[C@H](c2cc(F)c(F)c(F)c2)CC1. The molecule has 3 heteroatoms. The monoisotopic (exact) mass is 296 g/mol. The molecule has 2 rings (SSSR count). The zero-order valence-electron chi connectivity index (χ0n) is 12.5. The Balaban J connectivity index is 1.88. The van der Waals surface area contributed by atoms with Gasteiger partial charge in [-0.1, -0.05) is 19.1 Å². The van der Waals surface area contributed by atoms with E-state index in [9.17, 15) is 13.2 Å². The first-order valence-corrected chi connectivity index (χ1v) is 7.91. The molecule has 1 aliphatic rings. The highest BCUT2D eigenvalue weighted by Gasteiger charge is 2.23. The molecule has 0 N–H and O–H groups in total. The van der Waals surface area contributed by atoms with E-state index in [0.29, 0.717) is 11.5 Å². The van der Waals surface area contributed by atoms with Crippen LogP contribution in [0.4, 0.5) is 13.2 Å². The molecule has 0 saturated heterocycles. The first-order valence-electron chi connectivity index (χ1n) is 7.91. The highest BCUT2D eigenvalue weighted by atomic mass is 19.2. The van der Waals surface area contributed by atoms with Crippen LogP contribution >= 0.6 is 0 Å². The fourth-order valence-electron chi connectivity index (χ4n) is 3.21. The molecule has 0 nitrogen and oxygen atoms in total. The van der Waals surface area contributed by atoms with Crippen molar-refractivity contribution in [3.8, 4) is 0 Å². The first kappa shape index (κ1) is 16.1. The number of rotatable bonds is 5. The Hall–Kier alpha value is -1.25. The van der Waals surface area contributed by atoms with E-state index in [1.807, 2.05) is 0 Å². The second-order valence-corrected chi connectivity index (χ2v) is 5.97. The molecule has 0 aliphatic heterocycles. The van der Waals surface area contributed by atoms with Crippen LogP contribution in [0, 0.1) is 23.4 Å². The molecule has 0 bridgehead atoms. The predicted octanol–water partition coefficient (Wildman–Crippen LogP) is 6.12. The zero-order valence-corrected chi connectivity index (χ0v) is 12.5. The highest BCUT2D eigenvalue weighted by Crippen LogP contribution is 2.38. The van der Waals surface area contributed by atoms with Gasteiger partial charge in [-0.05, 0) is 74.5 Å². The summed E-state index contributed by atoms with van der Waals surface area (Å²) in [6, 6.07) is 2.32. The molecule has 0 atom stereocenters. The van der Waals surface area contributed by atoms with Gasteiger partial charge in [-0.15, -0.1) is 0 Å². The third kappa shape index (κ3) is 4.36. The quantitative estimate of drug-likeness (QED) is 0.453. The summed E-state index contributed by atoms with van der Waals surface area (Å²) in [6.45, 7) is 2.13. The normalized spacial score (nSPS) is 22.9. The maximum Gasteiger partial charge on any atom is 0.194 e. The molecule has 0 heterocycles. The van der Waals surface area contributed by atoms with Crippen molar-refractivity contribution < 1.29 is 13.2 Å². The van der Waals surface area contributed by atoms with Gasteiger partial charge in [0.2, 0.25) is 0 Å². The van der Waals surface area contributed by atoms with E-state index in [0.717, 1.165) is 50.7 Å². The van der Waals surface area contributed by atoms with Crippen LogP contribution in [-0.4, -0.2) is 0 Å². The van der Waals surface area contributed by atoms with E-state index in [4.69, 9.17) is 0 Å². The maximum absolute atomic E-state index is 13.3. The second kappa shape index (κ2) is 7.67. The minimum atomic E-state index is -1.37. The summed E-state index contributed by atoms with van der Waals surface area (Å²) in [5.41, 5.74) is 0.607. The van der Waals surface area contributed by atoms with Gasteiger partial charge in [0.25, 0.3) is 0 Å². The van der Waals surface area contributed by atoms with Crippen LogP contribution in [-0.2, 0) is 0 Å². The molecule has 0 unspecified atom stereocenters. The van der Waals surface area contributed by atoms with Gasteiger partial charge in [-0.3, -0.25) is 0 Å². The van der Waals surface area contributed by atoms with Gasteiger partial charge in [0, 0.05) is 0 Å². The summed E-state index contributed by atoms with van der Waals surface area (Å²) in [5, 5.41) is 0. The average Bonchev–Trinajstić information content (AvgIpc) is 2.49. The molecular weight excluding hydrogens is 273 g/mol. The van der Waals surface area contributed by atoms with Crippen molar-refractivity contribution in [2.45, 2.75) is 57.8 Å². The molecule has 1 aliphatic carbocycles. The summed E-state index contributed by atoms with van der Waals surface area (Å²) in [5.74, 6) is -2.64. The maximum atomic E-state index is 13.3. The lowest BCUT2D eigenvalue weighted by molar-refractivity contribution is 0.310. The fraction of sp³-hybridized carbons (Fsp3) is 0.556. The third-order valence-electron chi connectivity index (χ3n) is 4.47. The van der Waals surface area contributed by atoms with Crippen LogP contribution < -0.4 is 0 Å². The van der Waals surface area contributed by atoms with E-state index in [2.05, 4.69) is 19.1 Å². The van der Waals surface area contributed by atoms with Crippen LogP contribution in [0.2, 0.25) is 0 Å². The van der Waals surface area contributed by atoms with Crippen LogP contribution in [0.1, 0.15) is 63.4 Å². The highest BCUT2D eigenvalue weighted by molar-refractivity contribution is 5.23. The van der Waals surface area contributed by atoms with Gasteiger partial charge in [0.05, 0.1) is 0 Å². The van der Waals surface area contributed by atoms with E-state index in [1.54, 1.807) is 0 Å². The first-order chi connectivity index (χ1) is 10.1. The smallest absolute Gasteiger partial charge is 0.194 e. The lowest BCUT2D eigenvalue weighted by atomic mass is 9.77. The minimum absolute atomic E-state index is 0.164. The lowest BCUT2D eigenvalue weighted by Crippen LogP contribution is -2.14. The summed E-state index contributed by atoms with van der Waals surface area (Å²) >= 11 is 0. The Morgan fingerprint density at radius 3 is 2.19 bits per heavy atom. The van der Waals surface area contributed by atoms with Crippen molar-refractivity contribution in [1.29, 1.82) is 0 Å². The van der Waals surface area contributed by atoms with E-state index >= 15 is 0 Å². The Morgan fingerprint density at radius 2 is 1.62 bits per heavy atom. The number of halogens is 3. The van der Waals surface area contributed by atoms with Crippen molar-refractivity contribution in [1.82, 2.24) is 0 Å². The molecule has 1 aromatic carbocycles. The Kier molecular flexibility index (Phi) is 5.89. The molecule has 0 amide bonds. The summed E-state index contributed by atoms with van der Waals surface area (Å²) in [7, 11) is 0. The summed E-state index contributed by atoms with van der Waals surface area (Å²) in [4.78, 5) is 0. The average molecular weight is 296 g/mol. The fourth-order valence-corrected chi connectivity index (χ4v) is 3.21. The van der Waals surface area contributed by atoms with Gasteiger partial charge in [0.15, 0.2) is 17.5 Å². The lowest BCUT2D eigenvalue weighted by Gasteiger charge is -2.28. The number of hydrogen-bond donors (Lipinski definition) is 0. The van der Waals surface area contributed by atoms with Crippen molar-refractivity contribution in [2.24, 2.45) is 5.92 Å². The Labute approximate surface area is 125 Å². The van der Waals surface area contributed by atoms with Crippen LogP contribution in [0.15, 0.2) is 24.3 Å². The number of benzene rings is 1. The molecule has 1 fully saturated rings. The standard InChI is InChI=1S/C18H23F3/c1-2-3-4-5-6-13-7-9-14(10-8-13)15-11-16(19)18(21)17(20)12-15/h3-4,11-14H,2,5-10H2,1H3/b4-3+/t13-,14-. The second-order valence-electron chi connectivity index (χ2n) is 5.97.